The first kappa shape index (κ1) is 32.1. The van der Waals surface area contributed by atoms with Crippen molar-refractivity contribution in [1.29, 1.82) is 0 Å². The number of carbonyl (C=O) groups excluding carboxylic acids is 1. The fourth-order valence-corrected chi connectivity index (χ4v) is 6.95. The number of carbonyl (C=O) groups is 1. The number of imidazole rings is 1. The Morgan fingerprint density at radius 1 is 1.23 bits per heavy atom. The van der Waals surface area contributed by atoms with Gasteiger partial charge in [0, 0.05) is 30.2 Å². The highest BCUT2D eigenvalue weighted by Crippen LogP contribution is 2.50. The first-order valence-corrected chi connectivity index (χ1v) is 15.9. The molecule has 0 spiro atoms. The SMILES string of the molecule is CC[C@H]1O[C@@H](n2cnc3c(=O)[nH]c(C)nc32)CC1OP(OCCOCCSC(=O)C(C)C)N(C(C)C)C(C)C. The molecular formula is C26H44N5O6PS. The molecular weight excluding hydrogens is 541 g/mol. The molecule has 2 aromatic heterocycles. The van der Waals surface area contributed by atoms with E-state index in [0.717, 1.165) is 6.42 Å². The number of thioether (sulfide) groups is 1. The fraction of sp³-hybridized carbons (Fsp3) is 0.769. The Morgan fingerprint density at radius 3 is 2.59 bits per heavy atom. The van der Waals surface area contributed by atoms with Crippen molar-refractivity contribution in [3.63, 3.8) is 0 Å². The molecule has 1 aliphatic rings. The number of aromatic amines is 1. The molecule has 1 aliphatic heterocycles. The molecule has 1 fully saturated rings. The molecule has 4 atom stereocenters. The second kappa shape index (κ2) is 15.0. The van der Waals surface area contributed by atoms with Crippen LogP contribution < -0.4 is 5.56 Å². The van der Waals surface area contributed by atoms with Crippen molar-refractivity contribution in [2.45, 2.75) is 98.8 Å². The zero-order valence-electron chi connectivity index (χ0n) is 24.4. The van der Waals surface area contributed by atoms with E-state index in [9.17, 15) is 9.59 Å². The van der Waals surface area contributed by atoms with Gasteiger partial charge in [-0.15, -0.1) is 0 Å². The highest BCUT2D eigenvalue weighted by atomic mass is 32.2. The Hall–Kier alpha value is -1.40. The van der Waals surface area contributed by atoms with Crippen molar-refractivity contribution in [3.05, 3.63) is 22.5 Å². The van der Waals surface area contributed by atoms with Crippen molar-refractivity contribution in [3.8, 4) is 0 Å². The average molecular weight is 586 g/mol. The largest absolute Gasteiger partial charge is 0.378 e. The summed E-state index contributed by atoms with van der Waals surface area (Å²) in [5.41, 5.74) is 0.541. The van der Waals surface area contributed by atoms with Gasteiger partial charge in [0.05, 0.1) is 38.4 Å². The minimum absolute atomic E-state index is 0.0266. The summed E-state index contributed by atoms with van der Waals surface area (Å²) in [6.45, 7) is 17.5. The van der Waals surface area contributed by atoms with Crippen LogP contribution in [0.1, 0.15) is 73.4 Å². The first-order chi connectivity index (χ1) is 18.5. The average Bonchev–Trinajstić information content (AvgIpc) is 3.46. The van der Waals surface area contributed by atoms with Crippen molar-refractivity contribution in [1.82, 2.24) is 24.2 Å². The topological polar surface area (TPSA) is 121 Å². The number of fused-ring (bicyclic) bond motifs is 1. The van der Waals surface area contributed by atoms with Gasteiger partial charge in [0.2, 0.25) is 0 Å². The van der Waals surface area contributed by atoms with Crippen molar-refractivity contribution in [2.75, 3.05) is 25.6 Å². The molecule has 2 unspecified atom stereocenters. The van der Waals surface area contributed by atoms with Crippen LogP contribution in [0.2, 0.25) is 0 Å². The third-order valence-electron chi connectivity index (χ3n) is 6.29. The van der Waals surface area contributed by atoms with Crippen LogP contribution in [0.25, 0.3) is 11.2 Å². The van der Waals surface area contributed by atoms with Gasteiger partial charge >= 0.3 is 0 Å². The Morgan fingerprint density at radius 2 is 1.95 bits per heavy atom. The smallest absolute Gasteiger partial charge is 0.279 e. The third kappa shape index (κ3) is 8.55. The lowest BCUT2D eigenvalue weighted by molar-refractivity contribution is -0.113. The molecule has 3 heterocycles. The predicted octanol–water partition coefficient (Wildman–Crippen LogP) is 4.81. The molecule has 1 saturated heterocycles. The number of aryl methyl sites for hydroxylation is 1. The molecule has 11 nitrogen and oxygen atoms in total. The number of ether oxygens (including phenoxy) is 2. The van der Waals surface area contributed by atoms with Crippen molar-refractivity contribution >= 4 is 36.6 Å². The monoisotopic (exact) mass is 585 g/mol. The molecule has 13 heteroatoms. The van der Waals surface area contributed by atoms with Crippen LogP contribution in [0, 0.1) is 12.8 Å². The molecule has 0 radical (unpaired) electrons. The van der Waals surface area contributed by atoms with Crippen LogP contribution in [-0.4, -0.2) is 79.2 Å². The normalized spacial score (nSPS) is 20.8. The molecule has 0 saturated carbocycles. The first-order valence-electron chi connectivity index (χ1n) is 13.7. The van der Waals surface area contributed by atoms with Gasteiger partial charge in [-0.3, -0.25) is 14.2 Å². The van der Waals surface area contributed by atoms with Gasteiger partial charge in [-0.1, -0.05) is 32.5 Å². The van der Waals surface area contributed by atoms with Crippen LogP contribution in [0.5, 0.6) is 0 Å². The fourth-order valence-electron chi connectivity index (χ4n) is 4.48. The molecule has 0 bridgehead atoms. The second-order valence-corrected chi connectivity index (χ2v) is 13.0. The van der Waals surface area contributed by atoms with E-state index in [4.69, 9.17) is 18.5 Å². The van der Waals surface area contributed by atoms with Crippen LogP contribution in [0.3, 0.4) is 0 Å². The maximum atomic E-state index is 12.3. The van der Waals surface area contributed by atoms with E-state index < -0.39 is 8.53 Å². The minimum atomic E-state index is -1.39. The zero-order valence-corrected chi connectivity index (χ0v) is 26.1. The van der Waals surface area contributed by atoms with Gasteiger partial charge in [0.15, 0.2) is 16.3 Å². The maximum Gasteiger partial charge on any atom is 0.279 e. The highest BCUT2D eigenvalue weighted by molar-refractivity contribution is 8.13. The number of hydrogen-bond acceptors (Lipinski definition) is 10. The van der Waals surface area contributed by atoms with Crippen LogP contribution >= 0.6 is 20.3 Å². The van der Waals surface area contributed by atoms with E-state index >= 15 is 0 Å². The Labute approximate surface area is 236 Å². The number of H-pyrrole nitrogens is 1. The standard InChI is InChI=1S/C26H44N5O6PS/c1-9-20-21(14-22(36-20)30-15-27-23-24(30)28-19(8)29-25(23)32)37-38(31(17(4)5)18(6)7)35-11-10-34-12-13-39-26(33)16(2)3/h15-18,20-22H,9-14H2,1-8H3,(H,28,29,32)/t20-,21?,22-,38?/m1/s1. The van der Waals surface area contributed by atoms with Gasteiger partial charge in [-0.2, -0.15) is 0 Å². The molecule has 0 amide bonds. The van der Waals surface area contributed by atoms with Crippen molar-refractivity contribution in [2.24, 2.45) is 5.92 Å². The molecule has 2 aromatic rings. The quantitative estimate of drug-likeness (QED) is 0.230. The van der Waals surface area contributed by atoms with E-state index in [1.165, 1.54) is 11.8 Å². The summed E-state index contributed by atoms with van der Waals surface area (Å²) >= 11 is 1.31. The van der Waals surface area contributed by atoms with Crippen LogP contribution in [0.4, 0.5) is 0 Å². The lowest BCUT2D eigenvalue weighted by Gasteiger charge is -2.37. The minimum Gasteiger partial charge on any atom is -0.378 e. The van der Waals surface area contributed by atoms with E-state index in [1.807, 2.05) is 18.4 Å². The van der Waals surface area contributed by atoms with E-state index in [2.05, 4.69) is 54.2 Å². The third-order valence-corrected chi connectivity index (χ3v) is 9.57. The zero-order chi connectivity index (χ0) is 28.7. The Bertz CT molecular complexity index is 1120. The summed E-state index contributed by atoms with van der Waals surface area (Å²) in [4.78, 5) is 35.6. The van der Waals surface area contributed by atoms with E-state index in [1.54, 1.807) is 13.3 Å². The summed E-state index contributed by atoms with van der Waals surface area (Å²) in [6, 6.07) is 0.426. The Kier molecular flexibility index (Phi) is 12.4. The lowest BCUT2D eigenvalue weighted by atomic mass is 10.1. The molecule has 3 rings (SSSR count). The number of aromatic nitrogens is 4. The number of nitrogens with zero attached hydrogens (tertiary/aromatic N) is 4. The van der Waals surface area contributed by atoms with E-state index in [0.29, 0.717) is 49.0 Å². The lowest BCUT2D eigenvalue weighted by Crippen LogP contribution is -2.36. The molecule has 0 aliphatic carbocycles. The number of nitrogens with one attached hydrogen (secondary N) is 1. The summed E-state index contributed by atoms with van der Waals surface area (Å²) in [7, 11) is -1.39. The predicted molar refractivity (Wildman–Crippen MR) is 155 cm³/mol. The maximum absolute atomic E-state index is 12.3. The van der Waals surface area contributed by atoms with Gasteiger partial charge in [-0.25, -0.2) is 14.6 Å². The summed E-state index contributed by atoms with van der Waals surface area (Å²) in [5.74, 6) is 1.19. The molecule has 1 N–H and O–H groups in total. The van der Waals surface area contributed by atoms with Gasteiger partial charge in [0.1, 0.15) is 12.1 Å². The van der Waals surface area contributed by atoms with Gasteiger partial charge in [0.25, 0.3) is 14.1 Å². The summed E-state index contributed by atoms with van der Waals surface area (Å²) < 4.78 is 29.2. The van der Waals surface area contributed by atoms with Crippen LogP contribution in [-0.2, 0) is 23.3 Å². The van der Waals surface area contributed by atoms with Gasteiger partial charge < -0.3 is 23.5 Å². The molecule has 0 aromatic carbocycles. The molecule has 39 heavy (non-hydrogen) atoms. The van der Waals surface area contributed by atoms with Gasteiger partial charge in [-0.05, 0) is 41.0 Å². The highest BCUT2D eigenvalue weighted by Gasteiger charge is 2.40. The Balaban J connectivity index is 1.65. The second-order valence-electron chi connectivity index (χ2n) is 10.5. The summed E-state index contributed by atoms with van der Waals surface area (Å²) in [5, 5.41) is 0.181. The van der Waals surface area contributed by atoms with Crippen LogP contribution in [0.15, 0.2) is 11.1 Å². The molecule has 220 valence electrons. The van der Waals surface area contributed by atoms with E-state index in [-0.39, 0.29) is 47.1 Å². The number of hydrogen-bond donors (Lipinski definition) is 1. The summed E-state index contributed by atoms with van der Waals surface area (Å²) in [6.07, 6.45) is 2.27. The number of rotatable bonds is 15. The van der Waals surface area contributed by atoms with Crippen molar-refractivity contribution < 1.29 is 23.3 Å².